The summed E-state index contributed by atoms with van der Waals surface area (Å²) in [5.74, 6) is 1.06. The number of aromatic nitrogens is 4. The molecule has 1 unspecified atom stereocenters. The van der Waals surface area contributed by atoms with E-state index in [0.717, 1.165) is 35.7 Å². The van der Waals surface area contributed by atoms with Crippen LogP contribution >= 0.6 is 0 Å². The van der Waals surface area contributed by atoms with Gasteiger partial charge in [-0.05, 0) is 49.6 Å². The summed E-state index contributed by atoms with van der Waals surface area (Å²) >= 11 is 0. The van der Waals surface area contributed by atoms with Gasteiger partial charge in [0.15, 0.2) is 0 Å². The van der Waals surface area contributed by atoms with Crippen molar-refractivity contribution in [1.29, 1.82) is 0 Å². The highest BCUT2D eigenvalue weighted by atomic mass is 16.1. The number of carbonyl (C=O) groups is 1. The molecular weight excluding hydrogens is 354 g/mol. The molecule has 1 amide bonds. The molecule has 1 atom stereocenters. The lowest BCUT2D eigenvalue weighted by Gasteiger charge is -2.23. The quantitative estimate of drug-likeness (QED) is 0.547. The standard InChI is InChI=1S/C20H23N7O/c21-16(20(22)28)6-1-2-12-27(18-9-11-24-14-25-18)19-8-3-7-17(26-19)15-5-4-10-23-13-15/h3-5,7-11,13-14,16H,1-2,6,12,21H2,(H2,22,28). The maximum absolute atomic E-state index is 11.1. The number of primary amides is 1. The number of anilines is 2. The molecule has 3 aromatic heterocycles. The van der Waals surface area contributed by atoms with E-state index in [-0.39, 0.29) is 0 Å². The van der Waals surface area contributed by atoms with E-state index in [1.165, 1.54) is 6.33 Å². The van der Waals surface area contributed by atoms with Crippen molar-refractivity contribution >= 4 is 17.5 Å². The van der Waals surface area contributed by atoms with Crippen LogP contribution in [0.3, 0.4) is 0 Å². The molecule has 0 aliphatic heterocycles. The van der Waals surface area contributed by atoms with Crippen LogP contribution in [0.4, 0.5) is 11.6 Å². The van der Waals surface area contributed by atoms with Crippen molar-refractivity contribution in [1.82, 2.24) is 19.9 Å². The van der Waals surface area contributed by atoms with E-state index in [1.54, 1.807) is 18.6 Å². The Morgan fingerprint density at radius 2 is 1.93 bits per heavy atom. The SMILES string of the molecule is NC(=O)C(N)CCCCN(c1ccncn1)c1cccc(-c2cccnc2)n1. The van der Waals surface area contributed by atoms with Gasteiger partial charge in [0.05, 0.1) is 11.7 Å². The number of rotatable bonds is 9. The average molecular weight is 377 g/mol. The molecule has 28 heavy (non-hydrogen) atoms. The van der Waals surface area contributed by atoms with E-state index in [0.29, 0.717) is 13.0 Å². The number of nitrogens with two attached hydrogens (primary N) is 2. The number of carbonyl (C=O) groups excluding carboxylic acids is 1. The number of nitrogens with zero attached hydrogens (tertiary/aromatic N) is 5. The highest BCUT2D eigenvalue weighted by molar-refractivity contribution is 5.79. The first-order chi connectivity index (χ1) is 13.6. The van der Waals surface area contributed by atoms with E-state index >= 15 is 0 Å². The molecule has 4 N–H and O–H groups in total. The third kappa shape index (κ3) is 5.08. The summed E-state index contributed by atoms with van der Waals surface area (Å²) in [7, 11) is 0. The highest BCUT2D eigenvalue weighted by Crippen LogP contribution is 2.25. The van der Waals surface area contributed by atoms with Crippen molar-refractivity contribution in [2.45, 2.75) is 25.3 Å². The maximum Gasteiger partial charge on any atom is 0.234 e. The fourth-order valence-corrected chi connectivity index (χ4v) is 2.81. The van der Waals surface area contributed by atoms with Crippen LogP contribution in [0.25, 0.3) is 11.3 Å². The Bertz CT molecular complexity index is 889. The molecule has 3 heterocycles. The second kappa shape index (κ2) is 9.52. The molecule has 3 aromatic rings. The predicted octanol–water partition coefficient (Wildman–Crippen LogP) is 2.05. The first-order valence-electron chi connectivity index (χ1n) is 9.11. The minimum absolute atomic E-state index is 0.474. The van der Waals surface area contributed by atoms with Crippen LogP contribution in [0.5, 0.6) is 0 Å². The molecule has 144 valence electrons. The third-order valence-corrected chi connectivity index (χ3v) is 4.32. The van der Waals surface area contributed by atoms with Gasteiger partial charge in [-0.25, -0.2) is 15.0 Å². The van der Waals surface area contributed by atoms with E-state index in [2.05, 4.69) is 15.0 Å². The maximum atomic E-state index is 11.1. The van der Waals surface area contributed by atoms with Gasteiger partial charge in [0.1, 0.15) is 18.0 Å². The van der Waals surface area contributed by atoms with Gasteiger partial charge in [-0.2, -0.15) is 0 Å². The topological polar surface area (TPSA) is 124 Å². The molecule has 3 rings (SSSR count). The third-order valence-electron chi connectivity index (χ3n) is 4.32. The van der Waals surface area contributed by atoms with Crippen LogP contribution in [0.15, 0.2) is 61.3 Å². The lowest BCUT2D eigenvalue weighted by molar-refractivity contribution is -0.119. The lowest BCUT2D eigenvalue weighted by atomic mass is 10.1. The zero-order valence-electron chi connectivity index (χ0n) is 15.5. The van der Waals surface area contributed by atoms with Crippen molar-refractivity contribution in [3.05, 3.63) is 61.3 Å². The Hall–Kier alpha value is -3.39. The van der Waals surface area contributed by atoms with Crippen molar-refractivity contribution in [2.24, 2.45) is 11.5 Å². The first kappa shape index (κ1) is 19.4. The second-order valence-corrected chi connectivity index (χ2v) is 6.35. The van der Waals surface area contributed by atoms with E-state index in [4.69, 9.17) is 16.5 Å². The van der Waals surface area contributed by atoms with Crippen LogP contribution in [0.2, 0.25) is 0 Å². The highest BCUT2D eigenvalue weighted by Gasteiger charge is 2.14. The number of hydrogen-bond donors (Lipinski definition) is 2. The Labute approximate surface area is 163 Å². The predicted molar refractivity (Wildman–Crippen MR) is 108 cm³/mol. The second-order valence-electron chi connectivity index (χ2n) is 6.35. The molecular formula is C20H23N7O. The van der Waals surface area contributed by atoms with Crippen molar-refractivity contribution in [3.8, 4) is 11.3 Å². The Kier molecular flexibility index (Phi) is 6.59. The smallest absolute Gasteiger partial charge is 0.234 e. The molecule has 0 bridgehead atoms. The Balaban J connectivity index is 1.79. The van der Waals surface area contributed by atoms with Gasteiger partial charge in [-0.15, -0.1) is 0 Å². The lowest BCUT2D eigenvalue weighted by Crippen LogP contribution is -2.36. The van der Waals surface area contributed by atoms with Crippen LogP contribution in [-0.4, -0.2) is 38.4 Å². The summed E-state index contributed by atoms with van der Waals surface area (Å²) in [4.78, 5) is 30.4. The summed E-state index contributed by atoms with van der Waals surface area (Å²) in [5.41, 5.74) is 12.7. The van der Waals surface area contributed by atoms with Crippen LogP contribution in [-0.2, 0) is 4.79 Å². The number of pyridine rings is 2. The Morgan fingerprint density at radius 3 is 2.64 bits per heavy atom. The van der Waals surface area contributed by atoms with Crippen molar-refractivity contribution in [3.63, 3.8) is 0 Å². The molecule has 0 saturated carbocycles. The Morgan fingerprint density at radius 1 is 1.04 bits per heavy atom. The summed E-state index contributed by atoms with van der Waals surface area (Å²) < 4.78 is 0. The van der Waals surface area contributed by atoms with Gasteiger partial charge < -0.3 is 16.4 Å². The molecule has 0 fully saturated rings. The summed E-state index contributed by atoms with van der Waals surface area (Å²) in [6, 6.07) is 10.9. The monoisotopic (exact) mass is 377 g/mol. The van der Waals surface area contributed by atoms with Crippen molar-refractivity contribution < 1.29 is 4.79 Å². The zero-order chi connectivity index (χ0) is 19.8. The molecule has 0 radical (unpaired) electrons. The first-order valence-corrected chi connectivity index (χ1v) is 9.11. The molecule has 0 aliphatic rings. The minimum atomic E-state index is -0.612. The zero-order valence-corrected chi connectivity index (χ0v) is 15.5. The number of hydrogen-bond acceptors (Lipinski definition) is 7. The molecule has 0 spiro atoms. The average Bonchev–Trinajstić information content (AvgIpc) is 2.75. The number of unbranched alkanes of at least 4 members (excludes halogenated alkanes) is 1. The van der Waals surface area contributed by atoms with E-state index in [9.17, 15) is 4.79 Å². The molecule has 0 aliphatic carbocycles. The fourth-order valence-electron chi connectivity index (χ4n) is 2.81. The van der Waals surface area contributed by atoms with Crippen LogP contribution < -0.4 is 16.4 Å². The van der Waals surface area contributed by atoms with Crippen LogP contribution in [0.1, 0.15) is 19.3 Å². The van der Waals surface area contributed by atoms with Crippen LogP contribution in [0, 0.1) is 0 Å². The molecule has 8 heteroatoms. The minimum Gasteiger partial charge on any atom is -0.368 e. The van der Waals surface area contributed by atoms with Gasteiger partial charge >= 0.3 is 0 Å². The van der Waals surface area contributed by atoms with Gasteiger partial charge in [-0.1, -0.05) is 6.07 Å². The largest absolute Gasteiger partial charge is 0.368 e. The normalized spacial score (nSPS) is 11.8. The summed E-state index contributed by atoms with van der Waals surface area (Å²) in [5, 5.41) is 0. The number of amides is 1. The van der Waals surface area contributed by atoms with Gasteiger partial charge in [-0.3, -0.25) is 9.78 Å². The van der Waals surface area contributed by atoms with Gasteiger partial charge in [0, 0.05) is 30.7 Å². The van der Waals surface area contributed by atoms with Gasteiger partial charge in [0.2, 0.25) is 5.91 Å². The summed E-state index contributed by atoms with van der Waals surface area (Å²) in [6.07, 6.45) is 8.86. The molecule has 0 saturated heterocycles. The van der Waals surface area contributed by atoms with Crippen molar-refractivity contribution in [2.75, 3.05) is 11.4 Å². The summed E-state index contributed by atoms with van der Waals surface area (Å²) in [6.45, 7) is 0.673. The fraction of sp³-hybridized carbons (Fsp3) is 0.250. The van der Waals surface area contributed by atoms with E-state index in [1.807, 2.05) is 41.3 Å². The van der Waals surface area contributed by atoms with E-state index < -0.39 is 11.9 Å². The molecule has 8 nitrogen and oxygen atoms in total. The molecule has 0 aromatic carbocycles. The van der Waals surface area contributed by atoms with Gasteiger partial charge in [0.25, 0.3) is 0 Å².